The van der Waals surface area contributed by atoms with E-state index < -0.39 is 23.4 Å². The Hall–Kier alpha value is -2.22. The van der Waals surface area contributed by atoms with E-state index in [-0.39, 0.29) is 0 Å². The summed E-state index contributed by atoms with van der Waals surface area (Å²) in [5.74, 6) is -1.24. The maximum Gasteiger partial charge on any atom is 0.417 e. The number of rotatable bonds is 3. The first-order valence-corrected chi connectivity index (χ1v) is 7.77. The Morgan fingerprint density at radius 3 is 2.20 bits per heavy atom. The summed E-state index contributed by atoms with van der Waals surface area (Å²) in [6.07, 6.45) is -3.56. The van der Waals surface area contributed by atoms with Gasteiger partial charge in [0.25, 0.3) is 0 Å². The molecule has 0 spiro atoms. The molecule has 3 rings (SSSR count). The van der Waals surface area contributed by atoms with Crippen molar-refractivity contribution >= 4 is 5.82 Å². The van der Waals surface area contributed by atoms with Crippen LogP contribution in [-0.2, 0) is 12.7 Å². The molecule has 1 aliphatic heterocycles. The number of pyridine rings is 1. The molecule has 0 unspecified atom stereocenters. The zero-order valence-corrected chi connectivity index (χ0v) is 13.2. The van der Waals surface area contributed by atoms with Crippen LogP contribution in [0.1, 0.15) is 11.1 Å². The van der Waals surface area contributed by atoms with E-state index in [1.807, 2.05) is 4.90 Å². The Bertz CT molecular complexity index is 722. The van der Waals surface area contributed by atoms with Crippen LogP contribution >= 0.6 is 0 Å². The summed E-state index contributed by atoms with van der Waals surface area (Å²) < 4.78 is 63.9. The minimum absolute atomic E-state index is 0.492. The zero-order chi connectivity index (χ0) is 18.0. The fourth-order valence-electron chi connectivity index (χ4n) is 2.77. The molecule has 8 heteroatoms. The van der Waals surface area contributed by atoms with Gasteiger partial charge in [-0.25, -0.2) is 13.8 Å². The van der Waals surface area contributed by atoms with Gasteiger partial charge in [-0.15, -0.1) is 0 Å². The second kappa shape index (κ2) is 6.95. The average Bonchev–Trinajstić information content (AvgIpc) is 2.58. The van der Waals surface area contributed by atoms with E-state index in [1.165, 1.54) is 12.1 Å². The van der Waals surface area contributed by atoms with Gasteiger partial charge in [0, 0.05) is 38.9 Å². The molecule has 0 bridgehead atoms. The van der Waals surface area contributed by atoms with E-state index >= 15 is 0 Å². The molecule has 2 aromatic rings. The van der Waals surface area contributed by atoms with Gasteiger partial charge in [0.05, 0.1) is 5.56 Å². The highest BCUT2D eigenvalue weighted by Crippen LogP contribution is 2.29. The molecule has 2 heterocycles. The molecule has 3 nitrogen and oxygen atoms in total. The number of anilines is 1. The SMILES string of the molecule is Fc1ccc(CN2CCN(c3ccc(C(F)(F)F)cn3)CC2)cc1F. The van der Waals surface area contributed by atoms with Crippen molar-refractivity contribution in [1.82, 2.24) is 9.88 Å². The quantitative estimate of drug-likeness (QED) is 0.781. The topological polar surface area (TPSA) is 19.4 Å². The van der Waals surface area contributed by atoms with E-state index in [4.69, 9.17) is 0 Å². The summed E-state index contributed by atoms with van der Waals surface area (Å²) >= 11 is 0. The Kier molecular flexibility index (Phi) is 4.89. The number of benzene rings is 1. The van der Waals surface area contributed by atoms with Crippen LogP contribution < -0.4 is 4.90 Å². The summed E-state index contributed by atoms with van der Waals surface area (Å²) in [7, 11) is 0. The first kappa shape index (κ1) is 17.6. The van der Waals surface area contributed by atoms with Crippen molar-refractivity contribution in [2.24, 2.45) is 0 Å². The van der Waals surface area contributed by atoms with Gasteiger partial charge in [0.1, 0.15) is 5.82 Å². The molecule has 0 radical (unpaired) electrons. The summed E-state index contributed by atoms with van der Waals surface area (Å²) in [6.45, 7) is 3.00. The fourth-order valence-corrected chi connectivity index (χ4v) is 2.77. The van der Waals surface area contributed by atoms with Gasteiger partial charge in [-0.3, -0.25) is 4.90 Å². The van der Waals surface area contributed by atoms with Crippen molar-refractivity contribution in [3.63, 3.8) is 0 Å². The van der Waals surface area contributed by atoms with Crippen LogP contribution in [0.25, 0.3) is 0 Å². The van der Waals surface area contributed by atoms with Crippen LogP contribution in [0.4, 0.5) is 27.8 Å². The van der Waals surface area contributed by atoms with Crippen molar-refractivity contribution in [3.8, 4) is 0 Å². The van der Waals surface area contributed by atoms with Crippen molar-refractivity contribution in [3.05, 3.63) is 59.3 Å². The van der Waals surface area contributed by atoms with Crippen molar-refractivity contribution in [2.75, 3.05) is 31.1 Å². The number of hydrogen-bond acceptors (Lipinski definition) is 3. The monoisotopic (exact) mass is 357 g/mol. The van der Waals surface area contributed by atoms with Gasteiger partial charge in [0.2, 0.25) is 0 Å². The third-order valence-electron chi connectivity index (χ3n) is 4.16. The van der Waals surface area contributed by atoms with Crippen LogP contribution in [0.3, 0.4) is 0 Å². The number of hydrogen-bond donors (Lipinski definition) is 0. The highest BCUT2D eigenvalue weighted by atomic mass is 19.4. The van der Waals surface area contributed by atoms with Gasteiger partial charge in [-0.05, 0) is 29.8 Å². The highest BCUT2D eigenvalue weighted by molar-refractivity contribution is 5.40. The van der Waals surface area contributed by atoms with Crippen molar-refractivity contribution in [1.29, 1.82) is 0 Å². The summed E-state index contributed by atoms with van der Waals surface area (Å²) in [4.78, 5) is 7.88. The van der Waals surface area contributed by atoms with Gasteiger partial charge in [-0.1, -0.05) is 6.07 Å². The van der Waals surface area contributed by atoms with Crippen LogP contribution in [0.15, 0.2) is 36.5 Å². The second-order valence-electron chi connectivity index (χ2n) is 5.91. The molecule has 0 atom stereocenters. The third-order valence-corrected chi connectivity index (χ3v) is 4.16. The first-order chi connectivity index (χ1) is 11.8. The number of aromatic nitrogens is 1. The van der Waals surface area contributed by atoms with Crippen LogP contribution in [0.2, 0.25) is 0 Å². The van der Waals surface area contributed by atoms with E-state index in [0.717, 1.165) is 18.3 Å². The summed E-state index contributed by atoms with van der Waals surface area (Å²) in [5.41, 5.74) is -0.0896. The predicted molar refractivity (Wildman–Crippen MR) is 83.1 cm³/mol. The number of alkyl halides is 3. The average molecular weight is 357 g/mol. The molecule has 25 heavy (non-hydrogen) atoms. The molecule has 0 saturated carbocycles. The molecule has 0 aliphatic carbocycles. The molecule has 1 fully saturated rings. The van der Waals surface area contributed by atoms with E-state index in [0.29, 0.717) is 44.1 Å². The summed E-state index contributed by atoms with van der Waals surface area (Å²) in [6, 6.07) is 6.22. The van der Waals surface area contributed by atoms with Gasteiger partial charge in [0.15, 0.2) is 11.6 Å². The van der Waals surface area contributed by atoms with Gasteiger partial charge >= 0.3 is 6.18 Å². The smallest absolute Gasteiger partial charge is 0.354 e. The predicted octanol–water partition coefficient (Wildman–Crippen LogP) is 3.70. The molecule has 134 valence electrons. The molecule has 1 aliphatic rings. The maximum atomic E-state index is 13.2. The van der Waals surface area contributed by atoms with Crippen LogP contribution in [-0.4, -0.2) is 36.1 Å². The minimum atomic E-state index is -4.39. The lowest BCUT2D eigenvalue weighted by molar-refractivity contribution is -0.137. The third kappa shape index (κ3) is 4.25. The number of halogens is 5. The second-order valence-corrected chi connectivity index (χ2v) is 5.91. The minimum Gasteiger partial charge on any atom is -0.354 e. The van der Waals surface area contributed by atoms with Crippen LogP contribution in [0.5, 0.6) is 0 Å². The molecule has 0 amide bonds. The molecular formula is C17H16F5N3. The molecule has 1 aromatic carbocycles. The Labute approximate surface area is 141 Å². The van der Waals surface area contributed by atoms with E-state index in [1.54, 1.807) is 6.07 Å². The van der Waals surface area contributed by atoms with Gasteiger partial charge < -0.3 is 4.90 Å². The standard InChI is InChI=1S/C17H16F5N3/c18-14-3-1-12(9-15(14)19)11-24-5-7-25(8-6-24)16-4-2-13(10-23-16)17(20,21)22/h1-4,9-10H,5-8,11H2. The lowest BCUT2D eigenvalue weighted by Crippen LogP contribution is -2.46. The summed E-state index contributed by atoms with van der Waals surface area (Å²) in [5, 5.41) is 0. The number of nitrogens with zero attached hydrogens (tertiary/aromatic N) is 3. The van der Waals surface area contributed by atoms with Gasteiger partial charge in [-0.2, -0.15) is 13.2 Å². The normalized spacial score (nSPS) is 16.3. The van der Waals surface area contributed by atoms with Crippen molar-refractivity contribution < 1.29 is 22.0 Å². The fraction of sp³-hybridized carbons (Fsp3) is 0.353. The molecule has 1 aromatic heterocycles. The number of piperazine rings is 1. The Morgan fingerprint density at radius 1 is 0.920 bits per heavy atom. The molecule has 1 saturated heterocycles. The van der Waals surface area contributed by atoms with E-state index in [9.17, 15) is 22.0 Å². The maximum absolute atomic E-state index is 13.2. The highest BCUT2D eigenvalue weighted by Gasteiger charge is 2.31. The van der Waals surface area contributed by atoms with Crippen LogP contribution in [0, 0.1) is 11.6 Å². The molecule has 0 N–H and O–H groups in total. The zero-order valence-electron chi connectivity index (χ0n) is 13.2. The lowest BCUT2D eigenvalue weighted by atomic mass is 10.2. The largest absolute Gasteiger partial charge is 0.417 e. The Morgan fingerprint density at radius 2 is 1.64 bits per heavy atom. The first-order valence-electron chi connectivity index (χ1n) is 7.77. The lowest BCUT2D eigenvalue weighted by Gasteiger charge is -2.35. The Balaban J connectivity index is 1.57. The van der Waals surface area contributed by atoms with E-state index in [2.05, 4.69) is 9.88 Å². The molecular weight excluding hydrogens is 341 g/mol. The van der Waals surface area contributed by atoms with Crippen molar-refractivity contribution in [2.45, 2.75) is 12.7 Å².